The fraction of sp³-hybridized carbons (Fsp3) is 0.231. The van der Waals surface area contributed by atoms with Crippen LogP contribution >= 0.6 is 11.3 Å². The van der Waals surface area contributed by atoms with Gasteiger partial charge in [0.1, 0.15) is 0 Å². The Hall–Kier alpha value is -1.52. The summed E-state index contributed by atoms with van der Waals surface area (Å²) in [6, 6.07) is 7.05. The standard InChI is InChI=1S/C13H15NO2S/c1-2-16-12-7-9(3-4-11(12)15)13(14)10-5-6-17-8-10/h3-8,13,15H,2,14H2,1H3/t13-/m1/s1. The number of rotatable bonds is 4. The normalized spacial score (nSPS) is 12.4. The van der Waals surface area contributed by atoms with Crippen LogP contribution in [0.1, 0.15) is 24.1 Å². The quantitative estimate of drug-likeness (QED) is 0.876. The fourth-order valence-electron chi connectivity index (χ4n) is 1.64. The van der Waals surface area contributed by atoms with Gasteiger partial charge in [0.05, 0.1) is 12.6 Å². The molecule has 4 heteroatoms. The van der Waals surface area contributed by atoms with Crippen molar-refractivity contribution in [1.29, 1.82) is 0 Å². The lowest BCUT2D eigenvalue weighted by molar-refractivity contribution is 0.317. The predicted octanol–water partition coefficient (Wildman–Crippen LogP) is 2.90. The van der Waals surface area contributed by atoms with Gasteiger partial charge in [0.2, 0.25) is 0 Å². The second kappa shape index (κ2) is 5.21. The molecule has 3 nitrogen and oxygen atoms in total. The van der Waals surface area contributed by atoms with Gasteiger partial charge >= 0.3 is 0 Å². The predicted molar refractivity (Wildman–Crippen MR) is 69.6 cm³/mol. The first-order valence-corrected chi connectivity index (χ1v) is 6.40. The highest BCUT2D eigenvalue weighted by Crippen LogP contribution is 2.31. The molecule has 0 unspecified atom stereocenters. The van der Waals surface area contributed by atoms with Gasteiger partial charge in [0.25, 0.3) is 0 Å². The molecule has 3 N–H and O–H groups in total. The number of hydrogen-bond acceptors (Lipinski definition) is 4. The highest BCUT2D eigenvalue weighted by Gasteiger charge is 2.12. The number of benzene rings is 1. The lowest BCUT2D eigenvalue weighted by Gasteiger charge is -2.13. The van der Waals surface area contributed by atoms with Gasteiger partial charge in [-0.25, -0.2) is 0 Å². The zero-order valence-electron chi connectivity index (χ0n) is 9.59. The second-order valence-corrected chi connectivity index (χ2v) is 4.47. The molecule has 0 spiro atoms. The Kier molecular flexibility index (Phi) is 3.66. The van der Waals surface area contributed by atoms with Gasteiger partial charge < -0.3 is 15.6 Å². The average molecular weight is 249 g/mol. The van der Waals surface area contributed by atoms with E-state index in [4.69, 9.17) is 10.5 Å². The molecule has 0 fully saturated rings. The number of ether oxygens (including phenoxy) is 1. The molecule has 0 amide bonds. The van der Waals surface area contributed by atoms with Crippen LogP contribution in [0, 0.1) is 0 Å². The second-order valence-electron chi connectivity index (χ2n) is 3.69. The highest BCUT2D eigenvalue weighted by atomic mass is 32.1. The third-order valence-electron chi connectivity index (χ3n) is 2.55. The lowest BCUT2D eigenvalue weighted by Crippen LogP contribution is -2.10. The zero-order chi connectivity index (χ0) is 12.3. The number of nitrogens with two attached hydrogens (primary N) is 1. The van der Waals surface area contributed by atoms with Gasteiger partial charge in [-0.05, 0) is 47.0 Å². The van der Waals surface area contributed by atoms with Gasteiger partial charge in [0, 0.05) is 0 Å². The molecule has 1 aromatic carbocycles. The Labute approximate surface area is 104 Å². The summed E-state index contributed by atoms with van der Waals surface area (Å²) in [5, 5.41) is 13.6. The van der Waals surface area contributed by atoms with Crippen molar-refractivity contribution in [3.05, 3.63) is 46.2 Å². The van der Waals surface area contributed by atoms with E-state index in [1.807, 2.05) is 29.8 Å². The van der Waals surface area contributed by atoms with Crippen molar-refractivity contribution < 1.29 is 9.84 Å². The summed E-state index contributed by atoms with van der Waals surface area (Å²) in [6.45, 7) is 2.40. The zero-order valence-corrected chi connectivity index (χ0v) is 10.4. The van der Waals surface area contributed by atoms with Gasteiger partial charge in [-0.1, -0.05) is 6.07 Å². The molecule has 2 rings (SSSR count). The van der Waals surface area contributed by atoms with Crippen molar-refractivity contribution in [3.63, 3.8) is 0 Å². The van der Waals surface area contributed by atoms with E-state index in [0.29, 0.717) is 12.4 Å². The number of thiophene rings is 1. The third-order valence-corrected chi connectivity index (χ3v) is 3.25. The van der Waals surface area contributed by atoms with E-state index < -0.39 is 0 Å². The Bertz CT molecular complexity index is 482. The topological polar surface area (TPSA) is 55.5 Å². The summed E-state index contributed by atoms with van der Waals surface area (Å²) in [5.74, 6) is 0.629. The molecule has 0 aliphatic heterocycles. The highest BCUT2D eigenvalue weighted by molar-refractivity contribution is 7.08. The summed E-state index contributed by atoms with van der Waals surface area (Å²) < 4.78 is 5.34. The molecule has 1 heterocycles. The SMILES string of the molecule is CCOc1cc([C@@H](N)c2ccsc2)ccc1O. The van der Waals surface area contributed by atoms with Crippen LogP contribution in [-0.2, 0) is 0 Å². The van der Waals surface area contributed by atoms with Crippen molar-refractivity contribution in [3.8, 4) is 11.5 Å². The summed E-state index contributed by atoms with van der Waals surface area (Å²) in [6.07, 6.45) is 0. The minimum absolute atomic E-state index is 0.146. The molecule has 1 atom stereocenters. The maximum absolute atomic E-state index is 9.61. The van der Waals surface area contributed by atoms with E-state index in [-0.39, 0.29) is 11.8 Å². The van der Waals surface area contributed by atoms with Crippen LogP contribution in [-0.4, -0.2) is 11.7 Å². The summed E-state index contributed by atoms with van der Waals surface area (Å²) in [5.41, 5.74) is 8.15. The van der Waals surface area contributed by atoms with E-state index in [2.05, 4.69) is 0 Å². The van der Waals surface area contributed by atoms with Gasteiger partial charge in [-0.2, -0.15) is 11.3 Å². The van der Waals surface area contributed by atoms with Gasteiger partial charge in [-0.3, -0.25) is 0 Å². The van der Waals surface area contributed by atoms with Crippen LogP contribution in [0.5, 0.6) is 11.5 Å². The van der Waals surface area contributed by atoms with E-state index in [1.165, 1.54) is 0 Å². The molecule has 17 heavy (non-hydrogen) atoms. The molecular formula is C13H15NO2S. The smallest absolute Gasteiger partial charge is 0.161 e. The number of aromatic hydroxyl groups is 1. The van der Waals surface area contributed by atoms with Crippen LogP contribution in [0.15, 0.2) is 35.0 Å². The molecule has 0 aliphatic rings. The molecule has 2 aromatic rings. The molecule has 0 bridgehead atoms. The van der Waals surface area contributed by atoms with Crippen molar-refractivity contribution in [2.75, 3.05) is 6.61 Å². The van der Waals surface area contributed by atoms with Crippen molar-refractivity contribution in [2.24, 2.45) is 5.73 Å². The Morgan fingerprint density at radius 2 is 2.18 bits per heavy atom. The molecular weight excluding hydrogens is 234 g/mol. The Balaban J connectivity index is 2.30. The molecule has 0 saturated heterocycles. The van der Waals surface area contributed by atoms with Crippen LogP contribution in [0.4, 0.5) is 0 Å². The first kappa shape index (κ1) is 12.0. The van der Waals surface area contributed by atoms with E-state index in [1.54, 1.807) is 23.5 Å². The Morgan fingerprint density at radius 3 is 2.82 bits per heavy atom. The average Bonchev–Trinajstić information content (AvgIpc) is 2.85. The molecule has 0 radical (unpaired) electrons. The van der Waals surface area contributed by atoms with Gasteiger partial charge in [-0.15, -0.1) is 0 Å². The Morgan fingerprint density at radius 1 is 1.35 bits per heavy atom. The van der Waals surface area contributed by atoms with Crippen LogP contribution in [0.3, 0.4) is 0 Å². The van der Waals surface area contributed by atoms with Crippen molar-refractivity contribution >= 4 is 11.3 Å². The first-order chi connectivity index (χ1) is 8.22. The number of phenolic OH excluding ortho intramolecular Hbond substituents is 1. The third kappa shape index (κ3) is 2.60. The number of phenols is 1. The van der Waals surface area contributed by atoms with Crippen LogP contribution < -0.4 is 10.5 Å². The maximum Gasteiger partial charge on any atom is 0.161 e. The molecule has 0 aliphatic carbocycles. The van der Waals surface area contributed by atoms with E-state index >= 15 is 0 Å². The largest absolute Gasteiger partial charge is 0.504 e. The van der Waals surface area contributed by atoms with Crippen molar-refractivity contribution in [1.82, 2.24) is 0 Å². The summed E-state index contributed by atoms with van der Waals surface area (Å²) in [4.78, 5) is 0. The molecule has 0 saturated carbocycles. The summed E-state index contributed by atoms with van der Waals surface area (Å²) >= 11 is 1.62. The van der Waals surface area contributed by atoms with Crippen molar-refractivity contribution in [2.45, 2.75) is 13.0 Å². The molecule has 1 aromatic heterocycles. The first-order valence-electron chi connectivity index (χ1n) is 5.45. The number of hydrogen-bond donors (Lipinski definition) is 2. The monoisotopic (exact) mass is 249 g/mol. The van der Waals surface area contributed by atoms with E-state index in [9.17, 15) is 5.11 Å². The van der Waals surface area contributed by atoms with Crippen LogP contribution in [0.2, 0.25) is 0 Å². The van der Waals surface area contributed by atoms with Crippen LogP contribution in [0.25, 0.3) is 0 Å². The minimum Gasteiger partial charge on any atom is -0.504 e. The lowest BCUT2D eigenvalue weighted by atomic mass is 10.0. The molecule has 90 valence electrons. The minimum atomic E-state index is -0.180. The maximum atomic E-state index is 9.61. The van der Waals surface area contributed by atoms with E-state index in [0.717, 1.165) is 11.1 Å². The van der Waals surface area contributed by atoms with Gasteiger partial charge in [0.15, 0.2) is 11.5 Å². The summed E-state index contributed by atoms with van der Waals surface area (Å²) in [7, 11) is 0. The fourth-order valence-corrected chi connectivity index (χ4v) is 2.34.